The number of nitrogens with two attached hydrogens (primary N) is 1. The first-order valence-electron chi connectivity index (χ1n) is 7.25. The summed E-state index contributed by atoms with van der Waals surface area (Å²) in [5.41, 5.74) is 5.54. The molecule has 104 valence electrons. The number of aryl methyl sites for hydroxylation is 3. The second-order valence-corrected chi connectivity index (χ2v) is 5.40. The van der Waals surface area contributed by atoms with Gasteiger partial charge in [-0.2, -0.15) is 10.4 Å². The van der Waals surface area contributed by atoms with Crippen LogP contribution < -0.4 is 5.73 Å². The van der Waals surface area contributed by atoms with Crippen LogP contribution in [0.1, 0.15) is 51.2 Å². The molecule has 0 radical (unpaired) electrons. The Hall–Kier alpha value is -1.41. The molecule has 0 saturated heterocycles. The molecule has 2 unspecified atom stereocenters. The summed E-state index contributed by atoms with van der Waals surface area (Å²) >= 11 is 0. The highest BCUT2D eigenvalue weighted by Gasteiger charge is 2.39. The molecule has 0 aromatic carbocycles. The number of nitrogens with zero attached hydrogens (tertiary/aromatic N) is 4. The molecule has 1 aromatic heterocycles. The van der Waals surface area contributed by atoms with Crippen LogP contribution in [0.5, 0.6) is 0 Å². The van der Waals surface area contributed by atoms with Gasteiger partial charge in [-0.3, -0.25) is 0 Å². The first-order chi connectivity index (χ1) is 9.12. The van der Waals surface area contributed by atoms with Gasteiger partial charge in [-0.15, -0.1) is 0 Å². The third kappa shape index (κ3) is 2.79. The summed E-state index contributed by atoms with van der Waals surface area (Å²) < 4.78 is 1.99. The summed E-state index contributed by atoms with van der Waals surface area (Å²) in [4.78, 5) is 4.50. The van der Waals surface area contributed by atoms with E-state index < -0.39 is 5.54 Å². The van der Waals surface area contributed by atoms with Crippen molar-refractivity contribution in [1.82, 2.24) is 14.8 Å². The van der Waals surface area contributed by atoms with E-state index in [2.05, 4.69) is 30.0 Å². The van der Waals surface area contributed by atoms with Crippen molar-refractivity contribution in [2.75, 3.05) is 0 Å². The minimum absolute atomic E-state index is 0.288. The third-order valence-electron chi connectivity index (χ3n) is 4.19. The number of hydrogen-bond donors (Lipinski definition) is 1. The quantitative estimate of drug-likeness (QED) is 0.876. The van der Waals surface area contributed by atoms with Crippen molar-refractivity contribution in [2.24, 2.45) is 11.7 Å². The van der Waals surface area contributed by atoms with Gasteiger partial charge in [-0.25, -0.2) is 9.67 Å². The zero-order valence-corrected chi connectivity index (χ0v) is 11.9. The van der Waals surface area contributed by atoms with E-state index >= 15 is 0 Å². The Morgan fingerprint density at radius 3 is 2.89 bits per heavy atom. The first kappa shape index (κ1) is 14.0. The zero-order chi connectivity index (χ0) is 13.9. The van der Waals surface area contributed by atoms with Gasteiger partial charge in [0.15, 0.2) is 5.82 Å². The Labute approximate surface area is 114 Å². The van der Waals surface area contributed by atoms with E-state index in [0.29, 0.717) is 0 Å². The molecule has 1 heterocycles. The topological polar surface area (TPSA) is 80.5 Å². The second-order valence-electron chi connectivity index (χ2n) is 5.40. The maximum Gasteiger partial charge on any atom is 0.150 e. The molecule has 1 saturated carbocycles. The highest BCUT2D eigenvalue weighted by molar-refractivity contribution is 5.11. The van der Waals surface area contributed by atoms with Crippen molar-refractivity contribution in [1.29, 1.82) is 5.26 Å². The minimum Gasteiger partial charge on any atom is -0.313 e. The molecular weight excluding hydrogens is 238 g/mol. The van der Waals surface area contributed by atoms with Crippen molar-refractivity contribution >= 4 is 0 Å². The van der Waals surface area contributed by atoms with Crippen molar-refractivity contribution in [3.05, 3.63) is 11.6 Å². The van der Waals surface area contributed by atoms with E-state index in [-0.39, 0.29) is 5.92 Å². The monoisotopic (exact) mass is 261 g/mol. The van der Waals surface area contributed by atoms with E-state index in [1.165, 1.54) is 0 Å². The van der Waals surface area contributed by atoms with E-state index in [1.807, 2.05) is 4.68 Å². The lowest BCUT2D eigenvalue weighted by atomic mass is 9.87. The van der Waals surface area contributed by atoms with E-state index in [1.54, 1.807) is 0 Å². The fraction of sp³-hybridized carbons (Fsp3) is 0.786. The number of aromatic nitrogens is 3. The van der Waals surface area contributed by atoms with Crippen molar-refractivity contribution in [3.63, 3.8) is 0 Å². The summed E-state index contributed by atoms with van der Waals surface area (Å²) in [6.07, 6.45) is 5.62. The normalized spacial score (nSPS) is 26.5. The lowest BCUT2D eigenvalue weighted by Crippen LogP contribution is -2.42. The van der Waals surface area contributed by atoms with Crippen LogP contribution in [0.25, 0.3) is 0 Å². The van der Waals surface area contributed by atoms with Gasteiger partial charge in [0, 0.05) is 19.4 Å². The largest absolute Gasteiger partial charge is 0.313 e. The van der Waals surface area contributed by atoms with Crippen LogP contribution in [0.4, 0.5) is 0 Å². The Kier molecular flexibility index (Phi) is 4.20. The average Bonchev–Trinajstić information content (AvgIpc) is 3.00. The lowest BCUT2D eigenvalue weighted by molar-refractivity contribution is 0.343. The summed E-state index contributed by atoms with van der Waals surface area (Å²) in [6.45, 7) is 4.98. The van der Waals surface area contributed by atoms with Gasteiger partial charge in [0.2, 0.25) is 0 Å². The van der Waals surface area contributed by atoms with Crippen LogP contribution in [0.2, 0.25) is 0 Å². The van der Waals surface area contributed by atoms with Crippen LogP contribution >= 0.6 is 0 Å². The van der Waals surface area contributed by atoms with Crippen LogP contribution in [0, 0.1) is 17.2 Å². The molecule has 19 heavy (non-hydrogen) atoms. The fourth-order valence-electron chi connectivity index (χ4n) is 2.95. The van der Waals surface area contributed by atoms with E-state index in [4.69, 9.17) is 5.73 Å². The van der Waals surface area contributed by atoms with Crippen molar-refractivity contribution in [3.8, 4) is 6.07 Å². The molecule has 2 N–H and O–H groups in total. The van der Waals surface area contributed by atoms with Gasteiger partial charge in [-0.05, 0) is 25.2 Å². The molecule has 1 aromatic rings. The average molecular weight is 261 g/mol. The van der Waals surface area contributed by atoms with Gasteiger partial charge < -0.3 is 5.73 Å². The summed E-state index contributed by atoms with van der Waals surface area (Å²) in [6, 6.07) is 2.30. The lowest BCUT2D eigenvalue weighted by Gasteiger charge is -2.23. The molecule has 5 heteroatoms. The summed E-state index contributed by atoms with van der Waals surface area (Å²) in [7, 11) is 0. The van der Waals surface area contributed by atoms with E-state index in [0.717, 1.165) is 56.7 Å². The predicted octanol–water partition coefficient (Wildman–Crippen LogP) is 1.81. The molecule has 2 rings (SSSR count). The summed E-state index contributed by atoms with van der Waals surface area (Å²) in [5, 5.41) is 13.7. The van der Waals surface area contributed by atoms with Gasteiger partial charge in [0.05, 0.1) is 6.07 Å². The third-order valence-corrected chi connectivity index (χ3v) is 4.19. The molecule has 0 amide bonds. The fourth-order valence-corrected chi connectivity index (χ4v) is 2.95. The molecule has 5 nitrogen and oxygen atoms in total. The Morgan fingerprint density at radius 1 is 1.47 bits per heavy atom. The van der Waals surface area contributed by atoms with E-state index in [9.17, 15) is 5.26 Å². The van der Waals surface area contributed by atoms with Crippen LogP contribution in [0.3, 0.4) is 0 Å². The van der Waals surface area contributed by atoms with Gasteiger partial charge in [0.1, 0.15) is 11.4 Å². The van der Waals surface area contributed by atoms with Gasteiger partial charge >= 0.3 is 0 Å². The smallest absolute Gasteiger partial charge is 0.150 e. The molecule has 0 spiro atoms. The molecule has 1 aliphatic carbocycles. The molecule has 1 fully saturated rings. The Bertz CT molecular complexity index is 473. The maximum absolute atomic E-state index is 9.23. The Morgan fingerprint density at radius 2 is 2.26 bits per heavy atom. The molecule has 0 bridgehead atoms. The number of rotatable bonds is 5. The molecule has 0 aliphatic heterocycles. The second kappa shape index (κ2) is 5.70. The number of nitriles is 1. The first-order valence-corrected chi connectivity index (χ1v) is 7.25. The highest BCUT2D eigenvalue weighted by atomic mass is 15.3. The predicted molar refractivity (Wildman–Crippen MR) is 73.3 cm³/mol. The van der Waals surface area contributed by atoms with Gasteiger partial charge in [-0.1, -0.05) is 20.3 Å². The summed E-state index contributed by atoms with van der Waals surface area (Å²) in [5.74, 6) is 2.23. The molecule has 1 aliphatic rings. The van der Waals surface area contributed by atoms with Crippen LogP contribution in [-0.2, 0) is 19.4 Å². The standard InChI is InChI=1S/C14H23N5/c1-3-12-17-13(4-2)19(18-12)9-7-11-6-5-8-14(11,16)10-15/h11H,3-9,16H2,1-2H3. The van der Waals surface area contributed by atoms with Crippen LogP contribution in [0.15, 0.2) is 0 Å². The molecular formula is C14H23N5. The van der Waals surface area contributed by atoms with Crippen molar-refractivity contribution in [2.45, 2.75) is 64.5 Å². The zero-order valence-electron chi connectivity index (χ0n) is 11.9. The Balaban J connectivity index is 2.03. The van der Waals surface area contributed by atoms with Crippen LogP contribution in [-0.4, -0.2) is 20.3 Å². The van der Waals surface area contributed by atoms with Gasteiger partial charge in [0.25, 0.3) is 0 Å². The minimum atomic E-state index is -0.624. The molecule has 2 atom stereocenters. The highest BCUT2D eigenvalue weighted by Crippen LogP contribution is 2.35. The SMILES string of the molecule is CCc1nc(CC)n(CCC2CCCC2(N)C#N)n1. The van der Waals surface area contributed by atoms with Crippen molar-refractivity contribution < 1.29 is 0 Å². The number of hydrogen-bond acceptors (Lipinski definition) is 4. The maximum atomic E-state index is 9.23.